The van der Waals surface area contributed by atoms with Gasteiger partial charge in [0.15, 0.2) is 5.65 Å². The van der Waals surface area contributed by atoms with Gasteiger partial charge in [-0.2, -0.15) is 0 Å². The van der Waals surface area contributed by atoms with Crippen LogP contribution in [0.1, 0.15) is 35.1 Å². The Bertz CT molecular complexity index is 1390. The third kappa shape index (κ3) is 4.35. The Hall–Kier alpha value is -4.19. The number of fused-ring (bicyclic) bond motifs is 1. The summed E-state index contributed by atoms with van der Waals surface area (Å²) in [4.78, 5) is 25.3. The number of rotatable bonds is 8. The van der Waals surface area contributed by atoms with E-state index in [9.17, 15) is 4.79 Å². The number of benzene rings is 2. The zero-order valence-corrected chi connectivity index (χ0v) is 19.2. The number of imidazole rings is 1. The van der Waals surface area contributed by atoms with Gasteiger partial charge in [-0.3, -0.25) is 4.79 Å². The number of carbonyl (C=O) groups excluding carboxylic acids is 1. The second-order valence-corrected chi connectivity index (χ2v) is 8.28. The summed E-state index contributed by atoms with van der Waals surface area (Å²) in [6.45, 7) is 3.82. The van der Waals surface area contributed by atoms with Gasteiger partial charge >= 0.3 is 0 Å². The lowest BCUT2D eigenvalue weighted by Crippen LogP contribution is -2.32. The van der Waals surface area contributed by atoms with Crippen molar-refractivity contribution in [2.75, 3.05) is 0 Å². The van der Waals surface area contributed by atoms with Crippen LogP contribution in [-0.4, -0.2) is 29.9 Å². The van der Waals surface area contributed by atoms with Crippen LogP contribution in [0.15, 0.2) is 97.5 Å². The minimum Gasteiger partial charge on any atom is -0.327 e. The van der Waals surface area contributed by atoms with Crippen molar-refractivity contribution >= 4 is 17.1 Å². The Balaban J connectivity index is 1.56. The lowest BCUT2D eigenvalue weighted by Gasteiger charge is -2.24. The zero-order chi connectivity index (χ0) is 23.3. The number of hydrogen-bond donors (Lipinski definition) is 0. The molecule has 3 aromatic heterocycles. The summed E-state index contributed by atoms with van der Waals surface area (Å²) in [5, 5.41) is 0. The monoisotopic (exact) mass is 449 g/mol. The molecule has 6 heteroatoms. The summed E-state index contributed by atoms with van der Waals surface area (Å²) >= 11 is 0. The second-order valence-electron chi connectivity index (χ2n) is 8.28. The summed E-state index contributed by atoms with van der Waals surface area (Å²) in [6.07, 6.45) is 6.66. The van der Waals surface area contributed by atoms with Gasteiger partial charge in [0.1, 0.15) is 11.3 Å². The molecule has 170 valence electrons. The van der Waals surface area contributed by atoms with Crippen molar-refractivity contribution in [3.63, 3.8) is 0 Å². The molecule has 0 aliphatic carbocycles. The van der Waals surface area contributed by atoms with Crippen molar-refractivity contribution in [1.29, 1.82) is 0 Å². The van der Waals surface area contributed by atoms with Gasteiger partial charge in [-0.25, -0.2) is 9.97 Å². The van der Waals surface area contributed by atoms with E-state index in [0.717, 1.165) is 41.2 Å². The van der Waals surface area contributed by atoms with Crippen LogP contribution in [0.25, 0.3) is 16.9 Å². The van der Waals surface area contributed by atoms with Gasteiger partial charge in [0.05, 0.1) is 17.8 Å². The van der Waals surface area contributed by atoms with Crippen LogP contribution in [0.5, 0.6) is 0 Å². The van der Waals surface area contributed by atoms with E-state index < -0.39 is 0 Å². The minimum atomic E-state index is -0.0313. The second kappa shape index (κ2) is 9.75. The molecule has 0 saturated heterocycles. The van der Waals surface area contributed by atoms with Crippen LogP contribution in [0.2, 0.25) is 0 Å². The van der Waals surface area contributed by atoms with Gasteiger partial charge in [-0.05, 0) is 48.4 Å². The van der Waals surface area contributed by atoms with E-state index in [2.05, 4.69) is 28.6 Å². The predicted octanol–water partition coefficient (Wildman–Crippen LogP) is 5.47. The molecule has 0 unspecified atom stereocenters. The first-order valence-electron chi connectivity index (χ1n) is 11.6. The molecule has 1 amide bonds. The Morgan fingerprint density at radius 3 is 2.44 bits per heavy atom. The van der Waals surface area contributed by atoms with Crippen LogP contribution < -0.4 is 0 Å². The molecule has 6 nitrogen and oxygen atoms in total. The summed E-state index contributed by atoms with van der Waals surface area (Å²) in [7, 11) is 0. The number of aryl methyl sites for hydroxylation is 1. The van der Waals surface area contributed by atoms with Gasteiger partial charge in [0.2, 0.25) is 0 Å². The highest BCUT2D eigenvalue weighted by atomic mass is 16.2. The molecule has 5 aromatic rings. The van der Waals surface area contributed by atoms with Crippen LogP contribution in [0.4, 0.5) is 0 Å². The quantitative estimate of drug-likeness (QED) is 0.315. The van der Waals surface area contributed by atoms with Crippen LogP contribution in [0, 0.1) is 0 Å². The molecule has 0 atom stereocenters. The summed E-state index contributed by atoms with van der Waals surface area (Å²) < 4.78 is 4.11. The Morgan fingerprint density at radius 1 is 0.882 bits per heavy atom. The van der Waals surface area contributed by atoms with Gasteiger partial charge in [0.25, 0.3) is 5.91 Å². The molecule has 2 aromatic carbocycles. The van der Waals surface area contributed by atoms with E-state index in [4.69, 9.17) is 4.98 Å². The molecule has 0 fully saturated rings. The SMILES string of the molecule is CCCn1c(CN(Cc2ccccc2)C(=O)c2ccccc2-n2cccc2)nc2cccnc21. The standard InChI is InChI=1S/C28H27N5O/c1-2-17-33-26(30-24-14-10-16-29-27(24)33)21-32(20-22-11-4-3-5-12-22)28(34)23-13-6-7-15-25(23)31-18-8-9-19-31/h3-16,18-19H,2,17,20-21H2,1H3. The summed E-state index contributed by atoms with van der Waals surface area (Å²) in [5.74, 6) is 0.814. The van der Waals surface area contributed by atoms with Crippen LogP contribution >= 0.6 is 0 Å². The molecule has 0 bridgehead atoms. The smallest absolute Gasteiger partial charge is 0.256 e. The summed E-state index contributed by atoms with van der Waals surface area (Å²) in [5.41, 5.74) is 4.31. The van der Waals surface area contributed by atoms with Crippen molar-refractivity contribution < 1.29 is 4.79 Å². The topological polar surface area (TPSA) is 56.0 Å². The Morgan fingerprint density at radius 2 is 1.65 bits per heavy atom. The van der Waals surface area contributed by atoms with E-state index in [0.29, 0.717) is 18.7 Å². The fourth-order valence-electron chi connectivity index (χ4n) is 4.30. The highest BCUT2D eigenvalue weighted by Crippen LogP contribution is 2.22. The van der Waals surface area contributed by atoms with E-state index in [1.807, 2.05) is 88.6 Å². The normalized spacial score (nSPS) is 11.1. The lowest BCUT2D eigenvalue weighted by molar-refractivity contribution is 0.0723. The molecule has 3 heterocycles. The minimum absolute atomic E-state index is 0.0313. The van der Waals surface area contributed by atoms with Crippen molar-refractivity contribution in [1.82, 2.24) is 24.0 Å². The molecule has 5 rings (SSSR count). The number of pyridine rings is 1. The number of amides is 1. The van der Waals surface area contributed by atoms with Crippen molar-refractivity contribution in [2.24, 2.45) is 0 Å². The average molecular weight is 450 g/mol. The number of carbonyl (C=O) groups is 1. The Kier molecular flexibility index (Phi) is 6.21. The molecule has 0 spiro atoms. The molecular weight excluding hydrogens is 422 g/mol. The first-order valence-corrected chi connectivity index (χ1v) is 11.6. The summed E-state index contributed by atoms with van der Waals surface area (Å²) in [6, 6.07) is 25.6. The maximum absolute atomic E-state index is 14.0. The van der Waals surface area contributed by atoms with Gasteiger partial charge < -0.3 is 14.0 Å². The third-order valence-corrected chi connectivity index (χ3v) is 5.88. The zero-order valence-electron chi connectivity index (χ0n) is 19.2. The highest BCUT2D eigenvalue weighted by Gasteiger charge is 2.23. The average Bonchev–Trinajstić information content (AvgIpc) is 3.53. The highest BCUT2D eigenvalue weighted by molar-refractivity contribution is 5.97. The molecular formula is C28H27N5O. The van der Waals surface area contributed by atoms with E-state index >= 15 is 0 Å². The molecule has 0 aliphatic heterocycles. The van der Waals surface area contributed by atoms with Gasteiger partial charge in [-0.15, -0.1) is 0 Å². The van der Waals surface area contributed by atoms with E-state index in [1.165, 1.54) is 0 Å². The Labute approximate surface area is 199 Å². The molecule has 0 saturated carbocycles. The maximum atomic E-state index is 14.0. The molecule has 0 radical (unpaired) electrons. The fraction of sp³-hybridized carbons (Fsp3) is 0.179. The van der Waals surface area contributed by atoms with Crippen molar-refractivity contribution in [3.05, 3.63) is 114 Å². The number of hydrogen-bond acceptors (Lipinski definition) is 3. The van der Waals surface area contributed by atoms with Crippen LogP contribution in [0.3, 0.4) is 0 Å². The maximum Gasteiger partial charge on any atom is 0.256 e. The van der Waals surface area contributed by atoms with Gasteiger partial charge in [0, 0.05) is 31.7 Å². The van der Waals surface area contributed by atoms with Crippen molar-refractivity contribution in [2.45, 2.75) is 33.0 Å². The van der Waals surface area contributed by atoms with E-state index in [1.54, 1.807) is 6.20 Å². The van der Waals surface area contributed by atoms with Crippen LogP contribution in [-0.2, 0) is 19.6 Å². The molecule has 0 N–H and O–H groups in total. The van der Waals surface area contributed by atoms with Crippen molar-refractivity contribution in [3.8, 4) is 5.69 Å². The fourth-order valence-corrected chi connectivity index (χ4v) is 4.30. The predicted molar refractivity (Wildman–Crippen MR) is 134 cm³/mol. The number of aromatic nitrogens is 4. The first kappa shape index (κ1) is 21.6. The number of para-hydroxylation sites is 1. The molecule has 34 heavy (non-hydrogen) atoms. The molecule has 0 aliphatic rings. The lowest BCUT2D eigenvalue weighted by atomic mass is 10.1. The van der Waals surface area contributed by atoms with E-state index in [-0.39, 0.29) is 5.91 Å². The van der Waals surface area contributed by atoms with Gasteiger partial charge in [-0.1, -0.05) is 49.4 Å². The third-order valence-electron chi connectivity index (χ3n) is 5.88. The largest absolute Gasteiger partial charge is 0.327 e. The number of nitrogens with zero attached hydrogens (tertiary/aromatic N) is 5. The first-order chi connectivity index (χ1) is 16.7.